The Labute approximate surface area is 158 Å². The maximum absolute atomic E-state index is 12.8. The van der Waals surface area contributed by atoms with Crippen LogP contribution in [-0.2, 0) is 0 Å². The Bertz CT molecular complexity index is 820. The zero-order valence-corrected chi connectivity index (χ0v) is 15.6. The number of hydrogen-bond acceptors (Lipinski definition) is 5. The van der Waals surface area contributed by atoms with Crippen LogP contribution in [0.5, 0.6) is 0 Å². The molecule has 1 atom stereocenters. The Hall–Kier alpha value is -2.96. The summed E-state index contributed by atoms with van der Waals surface area (Å²) in [5, 5.41) is 12.3. The van der Waals surface area contributed by atoms with Crippen LogP contribution in [0.3, 0.4) is 0 Å². The molecule has 0 aliphatic carbocycles. The molecule has 142 valence electrons. The summed E-state index contributed by atoms with van der Waals surface area (Å²) < 4.78 is 0. The van der Waals surface area contributed by atoms with Crippen LogP contribution < -0.4 is 5.32 Å². The minimum atomic E-state index is -0.937. The fourth-order valence-electron chi connectivity index (χ4n) is 3.31. The number of aromatic nitrogens is 2. The van der Waals surface area contributed by atoms with Gasteiger partial charge in [0.15, 0.2) is 0 Å². The van der Waals surface area contributed by atoms with E-state index in [1.807, 2.05) is 19.9 Å². The molecule has 1 saturated heterocycles. The molecule has 1 aromatic carbocycles. The van der Waals surface area contributed by atoms with Gasteiger partial charge in [-0.25, -0.2) is 14.8 Å². The van der Waals surface area contributed by atoms with Gasteiger partial charge < -0.3 is 15.3 Å². The fourth-order valence-corrected chi connectivity index (χ4v) is 3.31. The quantitative estimate of drug-likeness (QED) is 0.842. The van der Waals surface area contributed by atoms with Crippen molar-refractivity contribution in [3.8, 4) is 0 Å². The normalized spacial score (nSPS) is 17.0. The van der Waals surface area contributed by atoms with Crippen LogP contribution in [0.1, 0.15) is 58.9 Å². The average molecular weight is 368 g/mol. The highest BCUT2D eigenvalue weighted by atomic mass is 16.4. The van der Waals surface area contributed by atoms with E-state index in [1.54, 1.807) is 35.5 Å². The Morgan fingerprint density at radius 1 is 1.22 bits per heavy atom. The second-order valence-corrected chi connectivity index (χ2v) is 7.12. The van der Waals surface area contributed by atoms with Crippen molar-refractivity contribution in [1.82, 2.24) is 14.9 Å². The standard InChI is InChI=1S/C20H24N4O3/c1-13(2)23-20-21-10-17(11-22-20)18(25)24-8-4-7-16(12-24)14-5-3-6-15(9-14)19(26)27/h3,5-6,9-11,13,16H,4,7-8,12H2,1-2H3,(H,26,27)(H,21,22,23)/t16-/m0/s1. The van der Waals surface area contributed by atoms with Gasteiger partial charge in [0, 0.05) is 37.4 Å². The summed E-state index contributed by atoms with van der Waals surface area (Å²) in [6.45, 7) is 5.24. The molecule has 2 heterocycles. The molecule has 7 nitrogen and oxygen atoms in total. The van der Waals surface area contributed by atoms with Crippen molar-refractivity contribution in [3.05, 3.63) is 53.3 Å². The molecule has 1 amide bonds. The lowest BCUT2D eigenvalue weighted by Gasteiger charge is -2.33. The van der Waals surface area contributed by atoms with E-state index in [-0.39, 0.29) is 23.4 Å². The SMILES string of the molecule is CC(C)Nc1ncc(C(=O)N2CCC[C@H](c3cccc(C(=O)O)c3)C2)cn1. The van der Waals surface area contributed by atoms with Crippen LogP contribution in [0.2, 0.25) is 0 Å². The molecule has 0 spiro atoms. The number of carbonyl (C=O) groups excluding carboxylic acids is 1. The van der Waals surface area contributed by atoms with Gasteiger partial charge >= 0.3 is 5.97 Å². The number of likely N-dealkylation sites (tertiary alicyclic amines) is 1. The molecule has 0 unspecified atom stereocenters. The number of nitrogens with one attached hydrogen (secondary N) is 1. The first-order valence-corrected chi connectivity index (χ1v) is 9.15. The molecular weight excluding hydrogens is 344 g/mol. The monoisotopic (exact) mass is 368 g/mol. The highest BCUT2D eigenvalue weighted by molar-refractivity contribution is 5.93. The third-order valence-corrected chi connectivity index (χ3v) is 4.63. The van der Waals surface area contributed by atoms with E-state index in [2.05, 4.69) is 15.3 Å². The minimum Gasteiger partial charge on any atom is -0.478 e. The third kappa shape index (κ3) is 4.61. The first-order chi connectivity index (χ1) is 12.9. The summed E-state index contributed by atoms with van der Waals surface area (Å²) in [5.74, 6) is -0.397. The lowest BCUT2D eigenvalue weighted by atomic mass is 9.89. The van der Waals surface area contributed by atoms with Crippen LogP contribution in [0.25, 0.3) is 0 Å². The number of piperidine rings is 1. The topological polar surface area (TPSA) is 95.4 Å². The number of nitrogens with zero attached hydrogens (tertiary/aromatic N) is 3. The van der Waals surface area contributed by atoms with Crippen molar-refractivity contribution < 1.29 is 14.7 Å². The molecule has 1 aromatic heterocycles. The molecule has 2 N–H and O–H groups in total. The largest absolute Gasteiger partial charge is 0.478 e. The number of amides is 1. The number of carbonyl (C=O) groups is 2. The maximum atomic E-state index is 12.8. The zero-order valence-electron chi connectivity index (χ0n) is 15.6. The minimum absolute atomic E-state index is 0.0924. The molecule has 0 bridgehead atoms. The maximum Gasteiger partial charge on any atom is 0.335 e. The van der Waals surface area contributed by atoms with Gasteiger partial charge in [-0.3, -0.25) is 4.79 Å². The number of hydrogen-bond donors (Lipinski definition) is 2. The lowest BCUT2D eigenvalue weighted by Crippen LogP contribution is -2.39. The molecule has 0 saturated carbocycles. The first-order valence-electron chi connectivity index (χ1n) is 9.15. The summed E-state index contributed by atoms with van der Waals surface area (Å²) >= 11 is 0. The predicted octanol–water partition coefficient (Wildman–Crippen LogP) is 3.01. The van der Waals surface area contributed by atoms with Crippen molar-refractivity contribution in [3.63, 3.8) is 0 Å². The van der Waals surface area contributed by atoms with Gasteiger partial charge in [0.2, 0.25) is 5.95 Å². The Morgan fingerprint density at radius 3 is 2.63 bits per heavy atom. The van der Waals surface area contributed by atoms with E-state index in [0.29, 0.717) is 24.6 Å². The summed E-state index contributed by atoms with van der Waals surface area (Å²) in [4.78, 5) is 34.2. The number of carboxylic acids is 1. The summed E-state index contributed by atoms with van der Waals surface area (Å²) in [6, 6.07) is 7.20. The van der Waals surface area contributed by atoms with Gasteiger partial charge in [-0.1, -0.05) is 12.1 Å². The number of rotatable bonds is 5. The van der Waals surface area contributed by atoms with E-state index >= 15 is 0 Å². The van der Waals surface area contributed by atoms with Gasteiger partial charge in [-0.05, 0) is 44.4 Å². The molecule has 2 aromatic rings. The number of benzene rings is 1. The highest BCUT2D eigenvalue weighted by Crippen LogP contribution is 2.28. The summed E-state index contributed by atoms with van der Waals surface area (Å²) in [6.07, 6.45) is 4.91. The third-order valence-electron chi connectivity index (χ3n) is 4.63. The molecule has 3 rings (SSSR count). The van der Waals surface area contributed by atoms with Crippen molar-refractivity contribution in [1.29, 1.82) is 0 Å². The van der Waals surface area contributed by atoms with E-state index in [9.17, 15) is 14.7 Å². The van der Waals surface area contributed by atoms with Crippen LogP contribution in [0, 0.1) is 0 Å². The molecule has 27 heavy (non-hydrogen) atoms. The number of aromatic carboxylic acids is 1. The molecule has 0 radical (unpaired) electrons. The first kappa shape index (κ1) is 18.8. The van der Waals surface area contributed by atoms with Gasteiger partial charge in [-0.2, -0.15) is 0 Å². The van der Waals surface area contributed by atoms with E-state index in [0.717, 1.165) is 18.4 Å². The summed E-state index contributed by atoms with van der Waals surface area (Å²) in [7, 11) is 0. The molecule has 1 fully saturated rings. The van der Waals surface area contributed by atoms with Crippen molar-refractivity contribution in [2.24, 2.45) is 0 Å². The van der Waals surface area contributed by atoms with E-state index in [4.69, 9.17) is 0 Å². The zero-order chi connectivity index (χ0) is 19.4. The second kappa shape index (κ2) is 8.16. The Kier molecular flexibility index (Phi) is 5.69. The Balaban J connectivity index is 1.71. The van der Waals surface area contributed by atoms with Crippen molar-refractivity contribution in [2.75, 3.05) is 18.4 Å². The van der Waals surface area contributed by atoms with Crippen LogP contribution in [0.4, 0.5) is 5.95 Å². The highest BCUT2D eigenvalue weighted by Gasteiger charge is 2.26. The van der Waals surface area contributed by atoms with E-state index < -0.39 is 5.97 Å². The number of carboxylic acid groups (broad SMARTS) is 1. The van der Waals surface area contributed by atoms with Gasteiger partial charge in [0.1, 0.15) is 0 Å². The fraction of sp³-hybridized carbons (Fsp3) is 0.400. The smallest absolute Gasteiger partial charge is 0.335 e. The number of anilines is 1. The van der Waals surface area contributed by atoms with Crippen LogP contribution >= 0.6 is 0 Å². The lowest BCUT2D eigenvalue weighted by molar-refractivity contribution is 0.0687. The van der Waals surface area contributed by atoms with Crippen molar-refractivity contribution >= 4 is 17.8 Å². The van der Waals surface area contributed by atoms with Crippen molar-refractivity contribution in [2.45, 2.75) is 38.6 Å². The van der Waals surface area contributed by atoms with Gasteiger partial charge in [0.25, 0.3) is 5.91 Å². The molecule has 1 aliphatic heterocycles. The Morgan fingerprint density at radius 2 is 1.96 bits per heavy atom. The van der Waals surface area contributed by atoms with Gasteiger partial charge in [0.05, 0.1) is 11.1 Å². The van der Waals surface area contributed by atoms with Crippen LogP contribution in [-0.4, -0.2) is 51.0 Å². The molecule has 1 aliphatic rings. The second-order valence-electron chi connectivity index (χ2n) is 7.12. The molecule has 7 heteroatoms. The van der Waals surface area contributed by atoms with E-state index in [1.165, 1.54) is 0 Å². The molecular formula is C20H24N4O3. The average Bonchev–Trinajstić information content (AvgIpc) is 2.68. The van der Waals surface area contributed by atoms with Gasteiger partial charge in [-0.15, -0.1) is 0 Å². The van der Waals surface area contributed by atoms with Crippen LogP contribution in [0.15, 0.2) is 36.7 Å². The summed E-state index contributed by atoms with van der Waals surface area (Å²) in [5.41, 5.74) is 1.70. The predicted molar refractivity (Wildman–Crippen MR) is 102 cm³/mol.